The van der Waals surface area contributed by atoms with Crippen LogP contribution in [0.15, 0.2) is 24.3 Å². The molecule has 1 fully saturated rings. The zero-order chi connectivity index (χ0) is 23.2. The van der Waals surface area contributed by atoms with Crippen molar-refractivity contribution in [3.05, 3.63) is 34.9 Å². The molecule has 1 aromatic heterocycles. The van der Waals surface area contributed by atoms with Crippen LogP contribution in [0, 0.1) is 11.3 Å². The molecule has 1 saturated heterocycles. The molecule has 3 rings (SSSR count). The van der Waals surface area contributed by atoms with Gasteiger partial charge in [-0.1, -0.05) is 11.6 Å². The Morgan fingerprint density at radius 3 is 2.42 bits per heavy atom. The number of carboxylic acid groups (broad SMARTS) is 1. The van der Waals surface area contributed by atoms with Crippen LogP contribution >= 0.6 is 11.6 Å². The minimum Gasteiger partial charge on any atom is -0.475 e. The summed E-state index contributed by atoms with van der Waals surface area (Å²) in [6.45, 7) is 0.951. The third-order valence-electron chi connectivity index (χ3n) is 4.15. The van der Waals surface area contributed by atoms with Crippen LogP contribution in [0.1, 0.15) is 24.8 Å². The van der Waals surface area contributed by atoms with E-state index in [2.05, 4.69) is 16.4 Å². The predicted molar refractivity (Wildman–Crippen MR) is 104 cm³/mol. The summed E-state index contributed by atoms with van der Waals surface area (Å²) in [7, 11) is 0. The van der Waals surface area contributed by atoms with E-state index in [-0.39, 0.29) is 11.8 Å². The van der Waals surface area contributed by atoms with Gasteiger partial charge in [-0.15, -0.1) is 0 Å². The van der Waals surface area contributed by atoms with Crippen molar-refractivity contribution in [1.82, 2.24) is 9.88 Å². The minimum atomic E-state index is -5.08. The molecule has 0 bridgehead atoms. The van der Waals surface area contributed by atoms with Gasteiger partial charge < -0.3 is 10.4 Å². The highest BCUT2D eigenvalue weighted by molar-refractivity contribution is 6.31. The number of carboxylic acids is 1. The normalized spacial score (nSPS) is 13.6. The van der Waals surface area contributed by atoms with E-state index < -0.39 is 12.1 Å². The second-order valence-electron chi connectivity index (χ2n) is 6.35. The van der Waals surface area contributed by atoms with E-state index in [1.807, 2.05) is 0 Å². The number of nitrogens with one attached hydrogen (secondary N) is 1. The van der Waals surface area contributed by atoms with Gasteiger partial charge in [-0.3, -0.25) is 14.5 Å². The number of nitriles is 1. The van der Waals surface area contributed by atoms with Gasteiger partial charge in [0, 0.05) is 36.3 Å². The summed E-state index contributed by atoms with van der Waals surface area (Å²) in [5.74, 6) is -2.38. The fourth-order valence-corrected chi connectivity index (χ4v) is 2.88. The number of hydrogen-bond donors (Lipinski definition) is 2. The van der Waals surface area contributed by atoms with Crippen molar-refractivity contribution >= 4 is 46.1 Å². The first-order valence-electron chi connectivity index (χ1n) is 8.90. The molecule has 2 amide bonds. The van der Waals surface area contributed by atoms with Crippen molar-refractivity contribution in [3.8, 4) is 6.07 Å². The Bertz CT molecular complexity index is 1040. The van der Waals surface area contributed by atoms with E-state index in [1.54, 1.807) is 24.3 Å². The van der Waals surface area contributed by atoms with Crippen molar-refractivity contribution in [2.24, 2.45) is 0 Å². The maximum absolute atomic E-state index is 11.5. The lowest BCUT2D eigenvalue weighted by molar-refractivity contribution is -0.192. The lowest BCUT2D eigenvalue weighted by Crippen LogP contribution is -2.31. The van der Waals surface area contributed by atoms with Crippen LogP contribution in [0.3, 0.4) is 0 Å². The Labute approximate surface area is 179 Å². The van der Waals surface area contributed by atoms with Gasteiger partial charge >= 0.3 is 12.1 Å². The van der Waals surface area contributed by atoms with Crippen molar-refractivity contribution in [2.45, 2.75) is 25.4 Å². The monoisotopic (exact) mass is 456 g/mol. The van der Waals surface area contributed by atoms with Crippen molar-refractivity contribution in [3.63, 3.8) is 0 Å². The molecule has 2 N–H and O–H groups in total. The number of nitrogens with zero attached hydrogens (tertiary/aromatic N) is 3. The fourth-order valence-electron chi connectivity index (χ4n) is 2.71. The Morgan fingerprint density at radius 2 is 1.87 bits per heavy atom. The first-order chi connectivity index (χ1) is 14.5. The quantitative estimate of drug-likeness (QED) is 0.522. The van der Waals surface area contributed by atoms with Crippen molar-refractivity contribution in [1.29, 1.82) is 5.26 Å². The third kappa shape index (κ3) is 6.55. The fraction of sp³-hybridized carbons (Fsp3) is 0.316. The average molecular weight is 457 g/mol. The van der Waals surface area contributed by atoms with Gasteiger partial charge in [-0.2, -0.15) is 18.4 Å². The molecule has 31 heavy (non-hydrogen) atoms. The number of carbonyl (C=O) groups excluding carboxylic acids is 2. The lowest BCUT2D eigenvalue weighted by Gasteiger charge is -2.14. The van der Waals surface area contributed by atoms with E-state index in [4.69, 9.17) is 21.5 Å². The van der Waals surface area contributed by atoms with Gasteiger partial charge in [0.2, 0.25) is 11.8 Å². The molecule has 0 atom stereocenters. The van der Waals surface area contributed by atoms with Gasteiger partial charge in [0.1, 0.15) is 5.82 Å². The molecule has 0 radical (unpaired) electrons. The third-order valence-corrected chi connectivity index (χ3v) is 4.39. The zero-order valence-electron chi connectivity index (χ0n) is 15.9. The van der Waals surface area contributed by atoms with Crippen LogP contribution in [0.5, 0.6) is 0 Å². The SMILES string of the molecule is N#Cc1cc(NCCCN2C(=O)CCC2=O)nc2ccc(Cl)cc12.O=C(O)C(F)(F)F. The van der Waals surface area contributed by atoms with Crippen LogP contribution in [-0.2, 0) is 14.4 Å². The second-order valence-corrected chi connectivity index (χ2v) is 6.79. The molecule has 0 saturated carbocycles. The summed E-state index contributed by atoms with van der Waals surface area (Å²) >= 11 is 5.96. The highest BCUT2D eigenvalue weighted by atomic mass is 35.5. The standard InChI is InChI=1S/C17H15ClN4O2.C2HF3O2/c18-12-2-3-14-13(9-12)11(10-19)8-15(21-14)20-6-1-7-22-16(23)4-5-17(22)24;3-2(4,5)1(6)7/h2-3,8-9H,1,4-7H2,(H,20,21);(H,6,7). The molecule has 0 spiro atoms. The molecule has 12 heteroatoms. The molecule has 164 valence electrons. The first kappa shape index (κ1) is 23.9. The van der Waals surface area contributed by atoms with Gasteiger partial charge in [-0.05, 0) is 30.7 Å². The van der Waals surface area contributed by atoms with Crippen molar-refractivity contribution in [2.75, 3.05) is 18.4 Å². The summed E-state index contributed by atoms with van der Waals surface area (Å²) in [4.78, 5) is 37.7. The van der Waals surface area contributed by atoms with Gasteiger partial charge in [0.15, 0.2) is 0 Å². The molecule has 2 aromatic rings. The topological polar surface area (TPSA) is 123 Å². The summed E-state index contributed by atoms with van der Waals surface area (Å²) in [6, 6.07) is 9.04. The zero-order valence-corrected chi connectivity index (χ0v) is 16.6. The molecular weight excluding hydrogens is 441 g/mol. The number of hydrogen-bond acceptors (Lipinski definition) is 6. The highest BCUT2D eigenvalue weighted by Crippen LogP contribution is 2.23. The summed E-state index contributed by atoms with van der Waals surface area (Å²) in [5, 5.41) is 20.8. The summed E-state index contributed by atoms with van der Waals surface area (Å²) in [6.07, 6.45) is -3.83. The summed E-state index contributed by atoms with van der Waals surface area (Å²) in [5.41, 5.74) is 1.18. The molecule has 1 aromatic carbocycles. The van der Waals surface area contributed by atoms with Gasteiger partial charge in [0.25, 0.3) is 0 Å². The molecule has 1 aliphatic heterocycles. The van der Waals surface area contributed by atoms with Gasteiger partial charge in [-0.25, -0.2) is 9.78 Å². The number of halogens is 4. The Kier molecular flexibility index (Phi) is 7.77. The Balaban J connectivity index is 0.000000423. The number of amides is 2. The number of carbonyl (C=O) groups is 3. The highest BCUT2D eigenvalue weighted by Gasteiger charge is 2.38. The number of benzene rings is 1. The smallest absolute Gasteiger partial charge is 0.475 e. The number of likely N-dealkylation sites (tertiary alicyclic amines) is 1. The summed E-state index contributed by atoms with van der Waals surface area (Å²) < 4.78 is 31.7. The maximum atomic E-state index is 11.5. The maximum Gasteiger partial charge on any atom is 0.490 e. The predicted octanol–water partition coefficient (Wildman–Crippen LogP) is 3.34. The van der Waals surface area contributed by atoms with Gasteiger partial charge in [0.05, 0.1) is 17.1 Å². The first-order valence-corrected chi connectivity index (χ1v) is 9.28. The Morgan fingerprint density at radius 1 is 1.26 bits per heavy atom. The minimum absolute atomic E-state index is 0.104. The van der Waals surface area contributed by atoms with E-state index in [0.29, 0.717) is 59.7 Å². The Hall–Kier alpha value is -3.39. The van der Waals surface area contributed by atoms with Crippen molar-refractivity contribution < 1.29 is 32.7 Å². The van der Waals surface area contributed by atoms with Crippen LogP contribution in [0.25, 0.3) is 10.9 Å². The van der Waals surface area contributed by atoms with E-state index in [9.17, 15) is 28.0 Å². The molecule has 0 unspecified atom stereocenters. The number of imide groups is 1. The molecular formula is C19H16ClF3N4O4. The molecule has 8 nitrogen and oxygen atoms in total. The number of alkyl halides is 3. The number of rotatable bonds is 5. The van der Waals surface area contributed by atoms with E-state index in [0.717, 1.165) is 0 Å². The largest absolute Gasteiger partial charge is 0.490 e. The molecule has 2 heterocycles. The number of anilines is 1. The number of fused-ring (bicyclic) bond motifs is 1. The molecule has 1 aliphatic rings. The van der Waals surface area contributed by atoms with Crippen LogP contribution in [0.4, 0.5) is 19.0 Å². The van der Waals surface area contributed by atoms with E-state index >= 15 is 0 Å². The number of aliphatic carboxylic acids is 1. The van der Waals surface area contributed by atoms with Crippen LogP contribution in [0.2, 0.25) is 5.02 Å². The molecule has 0 aliphatic carbocycles. The number of pyridine rings is 1. The van der Waals surface area contributed by atoms with Crippen LogP contribution < -0.4 is 5.32 Å². The van der Waals surface area contributed by atoms with Crippen LogP contribution in [-0.4, -0.2) is 52.0 Å². The average Bonchev–Trinajstić information content (AvgIpc) is 3.02. The lowest BCUT2D eigenvalue weighted by atomic mass is 10.1. The number of aromatic nitrogens is 1. The van der Waals surface area contributed by atoms with E-state index in [1.165, 1.54) is 4.90 Å². The second kappa shape index (κ2) is 10.1.